The molecule has 9 heteroatoms. The minimum absolute atomic E-state index is 0.279. The molecular weight excluding hydrogens is 663 g/mol. The third-order valence-corrected chi connectivity index (χ3v) is 11.4. The first-order valence-corrected chi connectivity index (χ1v) is 18.7. The molecule has 2 aromatic carbocycles. The highest BCUT2D eigenvalue weighted by molar-refractivity contribution is 6.21. The molecule has 7 nitrogen and oxygen atoms in total. The van der Waals surface area contributed by atoms with Gasteiger partial charge in [0.05, 0.1) is 56.8 Å². The summed E-state index contributed by atoms with van der Waals surface area (Å²) in [6, 6.07) is 27.3. The van der Waals surface area contributed by atoms with E-state index in [-0.39, 0.29) is 10.8 Å². The van der Waals surface area contributed by atoms with E-state index >= 15 is 0 Å². The van der Waals surface area contributed by atoms with Gasteiger partial charge in [0, 0.05) is 24.7 Å². The number of Topliss-reactive ketones (excluding diaryl/α,β-unsaturated/α-hetero) is 1. The van der Waals surface area contributed by atoms with E-state index in [2.05, 4.69) is 44.7 Å². The lowest BCUT2D eigenvalue weighted by atomic mass is 9.75. The first-order chi connectivity index (χ1) is 24.4. The minimum Gasteiger partial charge on any atom is -0.300 e. The minimum atomic E-state index is -0.279. The van der Waals surface area contributed by atoms with Crippen LogP contribution in [0.25, 0.3) is 0 Å². The predicted molar refractivity (Wildman–Crippen MR) is 195 cm³/mol. The van der Waals surface area contributed by atoms with Crippen molar-refractivity contribution in [3.63, 3.8) is 0 Å². The van der Waals surface area contributed by atoms with Gasteiger partial charge in [0.1, 0.15) is 5.78 Å². The number of halogens is 2. The average Bonchev–Trinajstić information content (AvgIpc) is 3.16. The Kier molecular flexibility index (Phi) is 12.2. The van der Waals surface area contributed by atoms with E-state index in [0.29, 0.717) is 66.3 Å². The maximum Gasteiger partial charge on any atom is 0.133 e. The summed E-state index contributed by atoms with van der Waals surface area (Å²) < 4.78 is 0. The highest BCUT2D eigenvalue weighted by Gasteiger charge is 2.29. The number of hydrogen-bond acceptors (Lipinski definition) is 7. The van der Waals surface area contributed by atoms with E-state index in [1.165, 1.54) is 0 Å². The van der Waals surface area contributed by atoms with Gasteiger partial charge in [-0.15, -0.1) is 23.2 Å². The largest absolute Gasteiger partial charge is 0.300 e. The van der Waals surface area contributed by atoms with E-state index < -0.39 is 0 Å². The molecule has 4 aromatic rings. The van der Waals surface area contributed by atoms with Gasteiger partial charge in [-0.2, -0.15) is 30.9 Å². The molecule has 2 aliphatic rings. The molecule has 256 valence electrons. The van der Waals surface area contributed by atoms with Crippen LogP contribution in [0.4, 0.5) is 0 Å². The molecule has 2 heterocycles. The predicted octanol–water partition coefficient (Wildman–Crippen LogP) is 9.65. The van der Waals surface area contributed by atoms with Crippen molar-refractivity contribution < 1.29 is 4.79 Å². The number of alkyl halides is 2. The summed E-state index contributed by atoms with van der Waals surface area (Å²) in [5.74, 6) is 2.08. The van der Waals surface area contributed by atoms with Gasteiger partial charge in [0.2, 0.25) is 0 Å². The number of hydrogen-bond donors (Lipinski definition) is 0. The van der Waals surface area contributed by atoms with Crippen LogP contribution in [-0.4, -0.2) is 26.2 Å². The highest BCUT2D eigenvalue weighted by Crippen LogP contribution is 2.39. The molecule has 0 N–H and O–H groups in total. The van der Waals surface area contributed by atoms with Crippen LogP contribution in [0.3, 0.4) is 0 Å². The lowest BCUT2D eigenvalue weighted by molar-refractivity contribution is -0.121. The first kappa shape index (κ1) is 35.6. The third-order valence-electron chi connectivity index (χ3n) is 10.6. The standard InChI is InChI=1S/C41H42Cl2N6O/c42-36(23-29-1-5-31(25-44)6-2-29)40-19-17-38(46-48-40)33-13-9-27(10-14-33)21-35(50)22-28-11-15-34(16-12-28)39-18-20-41(49-47-39)37(43)24-30-3-7-32(26-45)8-4-30/h1-8,17-20,27-28,33-34,36-37H,9-16,21-24H2. The third kappa shape index (κ3) is 9.53. The Hall–Kier alpha value is -4.17. The number of carbonyl (C=O) groups excluding carboxylic acids is 1. The second-order valence-corrected chi connectivity index (χ2v) is 15.2. The van der Waals surface area contributed by atoms with Gasteiger partial charge in [0.15, 0.2) is 0 Å². The Bertz CT molecular complexity index is 1650. The SMILES string of the molecule is N#Cc1ccc(CC(Cl)c2ccc(C3CCC(CC(=O)CC4CCC(c5ccc(C(Cl)Cc6ccc(C#N)cc6)nn5)CC4)CC3)nn2)cc1. The van der Waals surface area contributed by atoms with Crippen molar-refractivity contribution >= 4 is 29.0 Å². The smallest absolute Gasteiger partial charge is 0.133 e. The second-order valence-electron chi connectivity index (χ2n) is 14.1. The average molecular weight is 706 g/mol. The van der Waals surface area contributed by atoms with Gasteiger partial charge >= 0.3 is 0 Å². The van der Waals surface area contributed by atoms with E-state index in [1.807, 2.05) is 36.4 Å². The summed E-state index contributed by atoms with van der Waals surface area (Å²) in [6.45, 7) is 0. The van der Waals surface area contributed by atoms with Gasteiger partial charge in [-0.1, -0.05) is 24.3 Å². The van der Waals surface area contributed by atoms with Crippen LogP contribution in [-0.2, 0) is 17.6 Å². The molecule has 2 atom stereocenters. The van der Waals surface area contributed by atoms with Gasteiger partial charge < -0.3 is 0 Å². The molecule has 6 rings (SSSR count). The number of nitriles is 2. The van der Waals surface area contributed by atoms with Gasteiger partial charge in [-0.25, -0.2) is 0 Å². The van der Waals surface area contributed by atoms with Crippen molar-refractivity contribution in [1.82, 2.24) is 20.4 Å². The van der Waals surface area contributed by atoms with Crippen molar-refractivity contribution in [1.29, 1.82) is 10.5 Å². The van der Waals surface area contributed by atoms with Crippen LogP contribution >= 0.6 is 23.2 Å². The molecule has 2 aliphatic carbocycles. The molecule has 0 bridgehead atoms. The Morgan fingerprint density at radius 3 is 1.28 bits per heavy atom. The zero-order valence-corrected chi connectivity index (χ0v) is 29.7. The summed E-state index contributed by atoms with van der Waals surface area (Å²) in [4.78, 5) is 13.1. The fourth-order valence-electron chi connectivity index (χ4n) is 7.58. The van der Waals surface area contributed by atoms with Gasteiger partial charge in [-0.3, -0.25) is 4.79 Å². The Morgan fingerprint density at radius 1 is 0.580 bits per heavy atom. The summed E-state index contributed by atoms with van der Waals surface area (Å²) in [5.41, 5.74) is 6.95. The molecule has 0 saturated heterocycles. The van der Waals surface area contributed by atoms with Crippen LogP contribution in [0.1, 0.15) is 132 Å². The Labute approximate surface area is 305 Å². The maximum absolute atomic E-state index is 13.1. The van der Waals surface area contributed by atoms with Crippen molar-refractivity contribution in [2.45, 2.75) is 99.6 Å². The molecule has 2 fully saturated rings. The molecule has 0 aliphatic heterocycles. The Morgan fingerprint density at radius 2 is 0.960 bits per heavy atom. The maximum atomic E-state index is 13.1. The van der Waals surface area contributed by atoms with Gasteiger partial charge in [0.25, 0.3) is 0 Å². The molecule has 2 aromatic heterocycles. The fourth-order valence-corrected chi connectivity index (χ4v) is 8.17. The zero-order chi connectivity index (χ0) is 34.9. The highest BCUT2D eigenvalue weighted by atomic mass is 35.5. The molecule has 0 spiro atoms. The van der Waals surface area contributed by atoms with Gasteiger partial charge in [-0.05, 0) is 136 Å². The van der Waals surface area contributed by atoms with E-state index in [0.717, 1.165) is 85.3 Å². The molecule has 2 saturated carbocycles. The number of rotatable bonds is 12. The zero-order valence-electron chi connectivity index (χ0n) is 28.2. The quantitative estimate of drug-likeness (QED) is 0.135. The molecule has 50 heavy (non-hydrogen) atoms. The first-order valence-electron chi connectivity index (χ1n) is 17.8. The number of benzene rings is 2. The number of ketones is 1. The lowest BCUT2D eigenvalue weighted by Gasteiger charge is -2.30. The number of carbonyl (C=O) groups is 1. The van der Waals surface area contributed by atoms with E-state index in [9.17, 15) is 4.79 Å². The second kappa shape index (κ2) is 17.2. The number of aromatic nitrogens is 4. The topological polar surface area (TPSA) is 116 Å². The van der Waals surface area contributed by atoms with Crippen LogP contribution in [0.5, 0.6) is 0 Å². The summed E-state index contributed by atoms with van der Waals surface area (Å²) in [5, 5.41) is 35.5. The molecule has 0 amide bonds. The molecule has 2 unspecified atom stereocenters. The summed E-state index contributed by atoms with van der Waals surface area (Å²) >= 11 is 13.3. The van der Waals surface area contributed by atoms with Crippen molar-refractivity contribution in [2.75, 3.05) is 0 Å². The van der Waals surface area contributed by atoms with E-state index in [1.54, 1.807) is 24.3 Å². The monoisotopic (exact) mass is 704 g/mol. The fraction of sp³-hybridized carbons (Fsp3) is 0.439. The molecule has 0 radical (unpaired) electrons. The number of nitrogens with zero attached hydrogens (tertiary/aromatic N) is 6. The van der Waals surface area contributed by atoms with Crippen LogP contribution in [0.15, 0.2) is 72.8 Å². The van der Waals surface area contributed by atoms with Crippen molar-refractivity contribution in [2.24, 2.45) is 11.8 Å². The van der Waals surface area contributed by atoms with Crippen molar-refractivity contribution in [3.05, 3.63) is 118 Å². The lowest BCUT2D eigenvalue weighted by Crippen LogP contribution is -2.21. The summed E-state index contributed by atoms with van der Waals surface area (Å²) in [6.07, 6.45) is 11.0. The summed E-state index contributed by atoms with van der Waals surface area (Å²) in [7, 11) is 0. The van der Waals surface area contributed by atoms with Crippen LogP contribution in [0, 0.1) is 34.5 Å². The van der Waals surface area contributed by atoms with Crippen molar-refractivity contribution in [3.8, 4) is 12.1 Å². The Balaban J connectivity index is 0.890. The van der Waals surface area contributed by atoms with E-state index in [4.69, 9.17) is 33.7 Å². The van der Waals surface area contributed by atoms with Crippen LogP contribution < -0.4 is 0 Å². The molecular formula is C41H42Cl2N6O. The normalized spacial score (nSPS) is 21.8. The van der Waals surface area contributed by atoms with Crippen LogP contribution in [0.2, 0.25) is 0 Å².